The maximum atomic E-state index is 5.74. The van der Waals surface area contributed by atoms with E-state index in [2.05, 4.69) is 19.2 Å². The molecule has 90 valence electrons. The first-order valence-corrected chi connectivity index (χ1v) is 6.68. The van der Waals surface area contributed by atoms with Gasteiger partial charge < -0.3 is 10.1 Å². The van der Waals surface area contributed by atoms with E-state index in [-0.39, 0.29) is 0 Å². The minimum Gasteiger partial charge on any atom is -0.380 e. The zero-order chi connectivity index (χ0) is 10.9. The van der Waals surface area contributed by atoms with Crippen LogP contribution in [0.2, 0.25) is 0 Å². The Kier molecular flexibility index (Phi) is 7.03. The highest BCUT2D eigenvalue weighted by Gasteiger charge is 2.16. The van der Waals surface area contributed by atoms with Crippen LogP contribution in [0.1, 0.15) is 52.4 Å². The Labute approximate surface area is 94.8 Å². The van der Waals surface area contributed by atoms with E-state index in [1.807, 2.05) is 0 Å². The normalized spacial score (nSPS) is 18.8. The third-order valence-electron chi connectivity index (χ3n) is 3.34. The van der Waals surface area contributed by atoms with E-state index in [0.717, 1.165) is 25.7 Å². The third-order valence-corrected chi connectivity index (χ3v) is 3.34. The lowest BCUT2D eigenvalue weighted by molar-refractivity contribution is 0.0871. The molecule has 2 nitrogen and oxygen atoms in total. The number of hydrogen-bond donors (Lipinski definition) is 1. The molecule has 0 bridgehead atoms. The average molecular weight is 213 g/mol. The number of ether oxygens (including phenoxy) is 1. The molecule has 0 saturated heterocycles. The molecule has 2 heteroatoms. The summed E-state index contributed by atoms with van der Waals surface area (Å²) in [5, 5.41) is 3.47. The Balaban J connectivity index is 1.94. The Bertz CT molecular complexity index is 139. The van der Waals surface area contributed by atoms with Gasteiger partial charge in [0, 0.05) is 12.6 Å². The highest BCUT2D eigenvalue weighted by atomic mass is 16.5. The minimum absolute atomic E-state index is 0.571. The Morgan fingerprint density at radius 3 is 2.67 bits per heavy atom. The van der Waals surface area contributed by atoms with E-state index < -0.39 is 0 Å². The molecule has 0 aromatic rings. The van der Waals surface area contributed by atoms with Crippen LogP contribution in [0, 0.1) is 5.92 Å². The lowest BCUT2D eigenvalue weighted by Crippen LogP contribution is -2.33. The Morgan fingerprint density at radius 2 is 2.13 bits per heavy atom. The second-order valence-electron chi connectivity index (χ2n) is 4.70. The molecular formula is C13H27NO. The predicted octanol–water partition coefficient (Wildman–Crippen LogP) is 2.97. The molecule has 1 N–H and O–H groups in total. The summed E-state index contributed by atoms with van der Waals surface area (Å²) >= 11 is 0. The molecule has 1 unspecified atom stereocenters. The van der Waals surface area contributed by atoms with Gasteiger partial charge in [0.2, 0.25) is 0 Å². The molecule has 0 amide bonds. The zero-order valence-corrected chi connectivity index (χ0v) is 10.4. The molecule has 1 fully saturated rings. The van der Waals surface area contributed by atoms with E-state index >= 15 is 0 Å². The molecular weight excluding hydrogens is 186 g/mol. The van der Waals surface area contributed by atoms with Gasteiger partial charge in [-0.15, -0.1) is 0 Å². The third kappa shape index (κ3) is 5.53. The second-order valence-corrected chi connectivity index (χ2v) is 4.70. The lowest BCUT2D eigenvalue weighted by Gasteiger charge is -2.25. The van der Waals surface area contributed by atoms with Gasteiger partial charge in [-0.2, -0.15) is 0 Å². The summed E-state index contributed by atoms with van der Waals surface area (Å²) in [5.41, 5.74) is 0. The molecule has 1 aliphatic carbocycles. The van der Waals surface area contributed by atoms with E-state index in [9.17, 15) is 0 Å². The summed E-state index contributed by atoms with van der Waals surface area (Å²) in [7, 11) is 0. The highest BCUT2D eigenvalue weighted by molar-refractivity contribution is 4.69. The van der Waals surface area contributed by atoms with Gasteiger partial charge in [-0.05, 0) is 25.3 Å². The Morgan fingerprint density at radius 1 is 1.33 bits per heavy atom. The van der Waals surface area contributed by atoms with Gasteiger partial charge in [0.05, 0.1) is 6.61 Å². The summed E-state index contributed by atoms with van der Waals surface area (Å²) in [6, 6.07) is 0.571. The van der Waals surface area contributed by atoms with Crippen LogP contribution >= 0.6 is 0 Å². The first-order valence-electron chi connectivity index (χ1n) is 6.68. The first kappa shape index (κ1) is 13.0. The van der Waals surface area contributed by atoms with Crippen LogP contribution in [0.5, 0.6) is 0 Å². The Hall–Kier alpha value is -0.0800. The molecule has 0 aliphatic heterocycles. The van der Waals surface area contributed by atoms with Crippen molar-refractivity contribution >= 4 is 0 Å². The fraction of sp³-hybridized carbons (Fsp3) is 1.00. The molecule has 1 atom stereocenters. The van der Waals surface area contributed by atoms with Crippen LogP contribution in [-0.2, 0) is 4.74 Å². The molecule has 1 aliphatic rings. The van der Waals surface area contributed by atoms with E-state index in [4.69, 9.17) is 4.74 Å². The lowest BCUT2D eigenvalue weighted by atomic mass is 9.83. The second kappa shape index (κ2) is 8.12. The topological polar surface area (TPSA) is 21.3 Å². The van der Waals surface area contributed by atoms with Crippen molar-refractivity contribution in [2.45, 2.75) is 58.4 Å². The standard InChI is InChI=1S/C13H27NO/c1-3-6-13(14-4-2)11-15-10-9-12-7-5-8-12/h12-14H,3-11H2,1-2H3. The smallest absolute Gasteiger partial charge is 0.0619 e. The van der Waals surface area contributed by atoms with Gasteiger partial charge >= 0.3 is 0 Å². The van der Waals surface area contributed by atoms with Crippen LogP contribution in [0.15, 0.2) is 0 Å². The van der Waals surface area contributed by atoms with Crippen molar-refractivity contribution in [1.29, 1.82) is 0 Å². The van der Waals surface area contributed by atoms with Crippen molar-refractivity contribution in [3.63, 3.8) is 0 Å². The SMILES string of the molecule is CCCC(COCCC1CCC1)NCC. The van der Waals surface area contributed by atoms with Crippen molar-refractivity contribution in [2.75, 3.05) is 19.8 Å². The number of likely N-dealkylation sites (N-methyl/N-ethyl adjacent to an activating group) is 1. The van der Waals surface area contributed by atoms with Crippen LogP contribution in [0.3, 0.4) is 0 Å². The summed E-state index contributed by atoms with van der Waals surface area (Å²) in [4.78, 5) is 0. The molecule has 15 heavy (non-hydrogen) atoms. The maximum Gasteiger partial charge on any atom is 0.0619 e. The molecule has 0 aromatic heterocycles. The first-order chi connectivity index (χ1) is 7.36. The van der Waals surface area contributed by atoms with Crippen molar-refractivity contribution in [3.05, 3.63) is 0 Å². The van der Waals surface area contributed by atoms with Gasteiger partial charge in [0.15, 0.2) is 0 Å². The van der Waals surface area contributed by atoms with Gasteiger partial charge in [0.1, 0.15) is 0 Å². The van der Waals surface area contributed by atoms with E-state index in [1.54, 1.807) is 0 Å². The summed E-state index contributed by atoms with van der Waals surface area (Å²) in [6.45, 7) is 7.32. The van der Waals surface area contributed by atoms with Gasteiger partial charge in [-0.3, -0.25) is 0 Å². The summed E-state index contributed by atoms with van der Waals surface area (Å²) in [5.74, 6) is 0.980. The van der Waals surface area contributed by atoms with Crippen LogP contribution in [0.4, 0.5) is 0 Å². The molecule has 0 spiro atoms. The molecule has 0 radical (unpaired) electrons. The monoisotopic (exact) mass is 213 g/mol. The van der Waals surface area contributed by atoms with Crippen molar-refractivity contribution in [1.82, 2.24) is 5.32 Å². The van der Waals surface area contributed by atoms with E-state index in [0.29, 0.717) is 6.04 Å². The fourth-order valence-electron chi connectivity index (χ4n) is 2.14. The zero-order valence-electron chi connectivity index (χ0n) is 10.4. The highest BCUT2D eigenvalue weighted by Crippen LogP contribution is 2.29. The molecule has 0 aromatic carbocycles. The van der Waals surface area contributed by atoms with Gasteiger partial charge in [-0.25, -0.2) is 0 Å². The number of rotatable bonds is 9. The average Bonchev–Trinajstić information content (AvgIpc) is 2.15. The summed E-state index contributed by atoms with van der Waals surface area (Å²) < 4.78 is 5.74. The largest absolute Gasteiger partial charge is 0.380 e. The quantitative estimate of drug-likeness (QED) is 0.595. The fourth-order valence-corrected chi connectivity index (χ4v) is 2.14. The predicted molar refractivity (Wildman–Crippen MR) is 65.1 cm³/mol. The molecule has 1 saturated carbocycles. The van der Waals surface area contributed by atoms with Crippen molar-refractivity contribution < 1.29 is 4.74 Å². The minimum atomic E-state index is 0.571. The van der Waals surface area contributed by atoms with Crippen LogP contribution in [0.25, 0.3) is 0 Å². The molecule has 0 heterocycles. The number of nitrogens with one attached hydrogen (secondary N) is 1. The van der Waals surface area contributed by atoms with Gasteiger partial charge in [0.25, 0.3) is 0 Å². The summed E-state index contributed by atoms with van der Waals surface area (Å²) in [6.07, 6.45) is 8.08. The van der Waals surface area contributed by atoms with Gasteiger partial charge in [-0.1, -0.05) is 39.5 Å². The van der Waals surface area contributed by atoms with E-state index in [1.165, 1.54) is 38.5 Å². The molecule has 1 rings (SSSR count). The van der Waals surface area contributed by atoms with Crippen molar-refractivity contribution in [3.8, 4) is 0 Å². The van der Waals surface area contributed by atoms with Crippen LogP contribution < -0.4 is 5.32 Å². The number of hydrogen-bond acceptors (Lipinski definition) is 2. The van der Waals surface area contributed by atoms with Crippen molar-refractivity contribution in [2.24, 2.45) is 5.92 Å². The van der Waals surface area contributed by atoms with Crippen LogP contribution in [-0.4, -0.2) is 25.8 Å². The maximum absolute atomic E-state index is 5.74.